The highest BCUT2D eigenvalue weighted by Gasteiger charge is 2.18. The lowest BCUT2D eigenvalue weighted by Gasteiger charge is -2.14. The number of nitro groups is 1. The van der Waals surface area contributed by atoms with Crippen molar-refractivity contribution in [3.63, 3.8) is 0 Å². The van der Waals surface area contributed by atoms with Gasteiger partial charge in [0.1, 0.15) is 5.82 Å². The Kier molecular flexibility index (Phi) is 8.11. The van der Waals surface area contributed by atoms with Crippen molar-refractivity contribution in [1.29, 1.82) is 0 Å². The molecule has 0 saturated heterocycles. The highest BCUT2D eigenvalue weighted by atomic mass is 79.9. The van der Waals surface area contributed by atoms with E-state index in [0.717, 1.165) is 10.9 Å². The second-order valence-corrected chi connectivity index (χ2v) is 8.30. The number of benzene rings is 2. The van der Waals surface area contributed by atoms with Crippen LogP contribution < -0.4 is 10.3 Å². The number of ether oxygens (including phenoxy) is 2. The van der Waals surface area contributed by atoms with Gasteiger partial charge in [0, 0.05) is 22.0 Å². The van der Waals surface area contributed by atoms with Crippen LogP contribution in [-0.4, -0.2) is 40.0 Å². The normalized spacial score (nSPS) is 12.1. The first-order chi connectivity index (χ1) is 16.2. The number of halogens is 1. The van der Waals surface area contributed by atoms with Crippen LogP contribution in [0, 0.1) is 10.1 Å². The summed E-state index contributed by atoms with van der Waals surface area (Å²) in [7, 11) is 0. The Hall–Kier alpha value is -3.60. The smallest absolute Gasteiger partial charge is 0.344 e. The summed E-state index contributed by atoms with van der Waals surface area (Å²) in [6.45, 7) is 5.30. The molecule has 0 aliphatic carbocycles. The van der Waals surface area contributed by atoms with E-state index in [1.54, 1.807) is 19.1 Å². The maximum absolute atomic E-state index is 13.2. The van der Waals surface area contributed by atoms with Gasteiger partial charge < -0.3 is 9.47 Å². The van der Waals surface area contributed by atoms with Crippen LogP contribution in [0.25, 0.3) is 10.9 Å². The molecule has 11 heteroatoms. The summed E-state index contributed by atoms with van der Waals surface area (Å²) in [5.74, 6) is -0.270. The van der Waals surface area contributed by atoms with E-state index in [4.69, 9.17) is 9.47 Å². The van der Waals surface area contributed by atoms with E-state index < -0.39 is 17.5 Å². The van der Waals surface area contributed by atoms with Gasteiger partial charge in [-0.2, -0.15) is 9.78 Å². The summed E-state index contributed by atoms with van der Waals surface area (Å²) in [4.78, 5) is 40.2. The van der Waals surface area contributed by atoms with E-state index in [9.17, 15) is 19.7 Å². The van der Waals surface area contributed by atoms with E-state index in [1.807, 2.05) is 19.9 Å². The second kappa shape index (κ2) is 11.0. The van der Waals surface area contributed by atoms with Gasteiger partial charge in [0.2, 0.25) is 0 Å². The Bertz CT molecular complexity index is 1320. The van der Waals surface area contributed by atoms with Crippen molar-refractivity contribution < 1.29 is 19.2 Å². The molecular weight excluding hydrogens is 508 g/mol. The van der Waals surface area contributed by atoms with E-state index in [-0.39, 0.29) is 29.5 Å². The molecule has 178 valence electrons. The van der Waals surface area contributed by atoms with Gasteiger partial charge >= 0.3 is 11.7 Å². The van der Waals surface area contributed by atoms with Crippen LogP contribution >= 0.6 is 15.9 Å². The van der Waals surface area contributed by atoms with Gasteiger partial charge in [0.05, 0.1) is 28.6 Å². The first-order valence-electron chi connectivity index (χ1n) is 10.6. The summed E-state index contributed by atoms with van der Waals surface area (Å²) < 4.78 is 12.0. The van der Waals surface area contributed by atoms with Gasteiger partial charge in [-0.1, -0.05) is 29.8 Å². The fraction of sp³-hybridized carbons (Fsp3) is 0.304. The SMILES string of the molecule is CCOC(=O)COc1ccc(C=Nn2c([C@@H](C)CC)nc3ccc(Br)cc3c2=O)cc1[N+](=O)[O-]. The number of rotatable bonds is 9. The molecule has 0 fully saturated rings. The largest absolute Gasteiger partial charge is 0.475 e. The molecule has 3 aromatic rings. The molecule has 0 unspecified atom stereocenters. The molecule has 0 saturated carbocycles. The Morgan fingerprint density at radius 3 is 2.74 bits per heavy atom. The molecule has 1 heterocycles. The van der Waals surface area contributed by atoms with Crippen LogP contribution in [-0.2, 0) is 9.53 Å². The van der Waals surface area contributed by atoms with Gasteiger partial charge in [0.25, 0.3) is 5.56 Å². The van der Waals surface area contributed by atoms with Crippen LogP contribution in [0.2, 0.25) is 0 Å². The Balaban J connectivity index is 2.01. The van der Waals surface area contributed by atoms with Crippen molar-refractivity contribution in [2.24, 2.45) is 5.10 Å². The standard InChI is InChI=1S/C23H23BrN4O6/c1-4-14(3)22-26-18-8-7-16(24)11-17(18)23(30)27(22)25-12-15-6-9-20(19(10-15)28(31)32)34-13-21(29)33-5-2/h6-12,14H,4-5,13H2,1-3H3/t14-/m0/s1. The van der Waals surface area contributed by atoms with Crippen molar-refractivity contribution in [2.45, 2.75) is 33.1 Å². The highest BCUT2D eigenvalue weighted by Crippen LogP contribution is 2.28. The quantitative estimate of drug-likeness (QED) is 0.173. The lowest BCUT2D eigenvalue weighted by molar-refractivity contribution is -0.385. The number of aromatic nitrogens is 2. The van der Waals surface area contributed by atoms with Crippen molar-refractivity contribution in [3.8, 4) is 5.75 Å². The average molecular weight is 531 g/mol. The third-order valence-corrected chi connectivity index (χ3v) is 5.53. The Morgan fingerprint density at radius 2 is 2.06 bits per heavy atom. The van der Waals surface area contributed by atoms with E-state index >= 15 is 0 Å². The lowest BCUT2D eigenvalue weighted by atomic mass is 10.1. The first kappa shape index (κ1) is 25.0. The number of hydrogen-bond acceptors (Lipinski definition) is 8. The maximum atomic E-state index is 13.2. The molecule has 0 bridgehead atoms. The van der Waals surface area contributed by atoms with Gasteiger partial charge in [0.15, 0.2) is 12.4 Å². The fourth-order valence-electron chi connectivity index (χ4n) is 3.12. The van der Waals surface area contributed by atoms with Crippen LogP contribution in [0.3, 0.4) is 0 Å². The van der Waals surface area contributed by atoms with E-state index in [2.05, 4.69) is 26.0 Å². The predicted molar refractivity (Wildman–Crippen MR) is 131 cm³/mol. The number of fused-ring (bicyclic) bond motifs is 1. The molecule has 0 aliphatic rings. The minimum Gasteiger partial charge on any atom is -0.475 e. The van der Waals surface area contributed by atoms with Crippen LogP contribution in [0.5, 0.6) is 5.75 Å². The highest BCUT2D eigenvalue weighted by molar-refractivity contribution is 9.10. The second-order valence-electron chi connectivity index (χ2n) is 7.38. The van der Waals surface area contributed by atoms with Crippen molar-refractivity contribution in [3.05, 3.63) is 72.7 Å². The molecule has 1 atom stereocenters. The molecule has 0 aliphatic heterocycles. The molecule has 0 N–H and O–H groups in total. The van der Waals surface area contributed by atoms with Gasteiger partial charge in [-0.05, 0) is 43.7 Å². The summed E-state index contributed by atoms with van der Waals surface area (Å²) in [6.07, 6.45) is 2.09. The molecule has 34 heavy (non-hydrogen) atoms. The zero-order valence-electron chi connectivity index (χ0n) is 18.9. The maximum Gasteiger partial charge on any atom is 0.344 e. The van der Waals surface area contributed by atoms with Crippen molar-refractivity contribution in [2.75, 3.05) is 13.2 Å². The number of esters is 1. The molecule has 1 aromatic heterocycles. The third kappa shape index (κ3) is 5.66. The van der Waals surface area contributed by atoms with Gasteiger partial charge in [-0.15, -0.1) is 0 Å². The zero-order valence-corrected chi connectivity index (χ0v) is 20.4. The number of nitrogens with zero attached hydrogens (tertiary/aromatic N) is 4. The monoisotopic (exact) mass is 530 g/mol. The minimum atomic E-state index is -0.630. The molecule has 0 spiro atoms. The molecule has 3 rings (SSSR count). The summed E-state index contributed by atoms with van der Waals surface area (Å²) in [6, 6.07) is 9.41. The van der Waals surface area contributed by atoms with Crippen LogP contribution in [0.15, 0.2) is 50.8 Å². The third-order valence-electron chi connectivity index (χ3n) is 5.04. The number of nitro benzene ring substituents is 1. The van der Waals surface area contributed by atoms with Crippen LogP contribution in [0.4, 0.5) is 5.69 Å². The summed E-state index contributed by atoms with van der Waals surface area (Å²) >= 11 is 3.37. The van der Waals surface area contributed by atoms with Crippen molar-refractivity contribution >= 4 is 44.7 Å². The van der Waals surface area contributed by atoms with Gasteiger partial charge in [-0.3, -0.25) is 14.9 Å². The average Bonchev–Trinajstić information content (AvgIpc) is 2.82. The fourth-order valence-corrected chi connectivity index (χ4v) is 3.48. The van der Waals surface area contributed by atoms with E-state index in [0.29, 0.717) is 22.3 Å². The molecular formula is C23H23BrN4O6. The molecule has 10 nitrogen and oxygen atoms in total. The van der Waals surface area contributed by atoms with E-state index in [1.165, 1.54) is 29.1 Å². The molecule has 2 aromatic carbocycles. The Labute approximate surface area is 203 Å². The predicted octanol–water partition coefficient (Wildman–Crippen LogP) is 4.40. The molecule has 0 amide bonds. The summed E-state index contributed by atoms with van der Waals surface area (Å²) in [5, 5.41) is 16.2. The van der Waals surface area contributed by atoms with Gasteiger partial charge in [-0.25, -0.2) is 9.78 Å². The van der Waals surface area contributed by atoms with Crippen molar-refractivity contribution in [1.82, 2.24) is 9.66 Å². The topological polar surface area (TPSA) is 126 Å². The number of hydrogen-bond donors (Lipinski definition) is 0. The molecule has 0 radical (unpaired) electrons. The summed E-state index contributed by atoms with van der Waals surface area (Å²) in [5.41, 5.74) is 0.241. The first-order valence-corrected chi connectivity index (χ1v) is 11.4. The number of carbonyl (C=O) groups excluding carboxylic acids is 1. The van der Waals surface area contributed by atoms with Crippen LogP contribution in [0.1, 0.15) is 44.5 Å². The lowest BCUT2D eigenvalue weighted by Crippen LogP contribution is -2.23. The minimum absolute atomic E-state index is 0.0501. The zero-order chi connectivity index (χ0) is 24.8. The number of carbonyl (C=O) groups is 1. The Morgan fingerprint density at radius 1 is 1.29 bits per heavy atom.